The van der Waals surface area contributed by atoms with E-state index in [4.69, 9.17) is 0 Å². The van der Waals surface area contributed by atoms with E-state index >= 15 is 0 Å². The number of nitrogens with zero attached hydrogens (tertiary/aromatic N) is 1. The molecule has 2 aromatic heterocycles. The molecule has 134 valence electrons. The van der Waals surface area contributed by atoms with Crippen LogP contribution in [0, 0.1) is 0 Å². The molecule has 0 aliphatic carbocycles. The number of rotatable bonds is 7. The molecule has 4 aromatic rings. The maximum absolute atomic E-state index is 12.2. The van der Waals surface area contributed by atoms with E-state index in [1.807, 2.05) is 60.9 Å². The van der Waals surface area contributed by atoms with Crippen LogP contribution in [0.2, 0.25) is 0 Å². The fourth-order valence-corrected chi connectivity index (χ4v) is 3.54. The Kier molecular flexibility index (Phi) is 5.08. The molecule has 4 rings (SSSR count). The lowest BCUT2D eigenvalue weighted by atomic mass is 9.87. The molecule has 2 heterocycles. The van der Waals surface area contributed by atoms with Gasteiger partial charge in [0.05, 0.1) is 5.92 Å². The largest absolute Gasteiger partial charge is 0.361 e. The monoisotopic (exact) mass is 355 g/mol. The zero-order valence-electron chi connectivity index (χ0n) is 14.9. The van der Waals surface area contributed by atoms with Crippen LogP contribution in [0.25, 0.3) is 10.9 Å². The first kappa shape index (κ1) is 17.2. The Bertz CT molecular complexity index is 1010. The lowest BCUT2D eigenvalue weighted by Gasteiger charge is -2.25. The minimum atomic E-state index is -0.305. The Hall–Kier alpha value is -3.24. The first-order valence-corrected chi connectivity index (χ1v) is 9.05. The van der Waals surface area contributed by atoms with Gasteiger partial charge in [0.15, 0.2) is 0 Å². The topological polar surface area (TPSA) is 57.8 Å². The van der Waals surface area contributed by atoms with Crippen molar-refractivity contribution in [1.29, 1.82) is 0 Å². The molecule has 0 aliphatic heterocycles. The molecule has 0 spiro atoms. The summed E-state index contributed by atoms with van der Waals surface area (Å²) in [7, 11) is 0. The number of hydrogen-bond acceptors (Lipinski definition) is 3. The number of hydrogen-bond donors (Lipinski definition) is 2. The molecule has 0 aliphatic rings. The third-order valence-corrected chi connectivity index (χ3v) is 4.89. The van der Waals surface area contributed by atoms with Gasteiger partial charge < -0.3 is 15.1 Å². The van der Waals surface area contributed by atoms with Crippen LogP contribution in [0.1, 0.15) is 28.7 Å². The Morgan fingerprint density at radius 3 is 2.59 bits per heavy atom. The van der Waals surface area contributed by atoms with Crippen LogP contribution in [0.5, 0.6) is 0 Å². The van der Waals surface area contributed by atoms with Crippen molar-refractivity contribution < 1.29 is 4.79 Å². The standard InChI is InChI=1S/C23H21N3O/c27-16-21(20-15-25-22-11-5-4-10-19(20)22)23(18-8-2-1-3-9-18)26-14-17-7-6-12-24-13-17/h1-13,15-16,21,23,25-26H,14H2. The number of benzene rings is 2. The average molecular weight is 355 g/mol. The van der Waals surface area contributed by atoms with Crippen LogP contribution in [0.3, 0.4) is 0 Å². The van der Waals surface area contributed by atoms with Gasteiger partial charge in [-0.05, 0) is 28.8 Å². The van der Waals surface area contributed by atoms with Crippen LogP contribution < -0.4 is 5.32 Å². The summed E-state index contributed by atoms with van der Waals surface area (Å²) in [6.45, 7) is 0.639. The van der Waals surface area contributed by atoms with E-state index in [2.05, 4.69) is 33.5 Å². The smallest absolute Gasteiger partial charge is 0.129 e. The molecule has 0 saturated heterocycles. The minimum absolute atomic E-state index is 0.136. The summed E-state index contributed by atoms with van der Waals surface area (Å²) in [6, 6.07) is 22.0. The molecule has 2 unspecified atom stereocenters. The Morgan fingerprint density at radius 2 is 1.81 bits per heavy atom. The van der Waals surface area contributed by atoms with E-state index in [0.29, 0.717) is 6.54 Å². The van der Waals surface area contributed by atoms with Gasteiger partial charge in [-0.1, -0.05) is 54.6 Å². The second kappa shape index (κ2) is 7.98. The summed E-state index contributed by atoms with van der Waals surface area (Å²) >= 11 is 0. The molecule has 0 bridgehead atoms. The van der Waals surface area contributed by atoms with Crippen molar-refractivity contribution in [2.24, 2.45) is 0 Å². The highest BCUT2D eigenvalue weighted by Gasteiger charge is 2.26. The van der Waals surface area contributed by atoms with Crippen LogP contribution >= 0.6 is 0 Å². The normalized spacial score (nSPS) is 13.3. The predicted octanol–water partition coefficient (Wildman–Crippen LogP) is 4.38. The maximum atomic E-state index is 12.2. The van der Waals surface area contributed by atoms with E-state index in [1.165, 1.54) is 0 Å². The van der Waals surface area contributed by atoms with Gasteiger partial charge in [-0.2, -0.15) is 0 Å². The van der Waals surface area contributed by atoms with E-state index in [9.17, 15) is 4.79 Å². The predicted molar refractivity (Wildman–Crippen MR) is 107 cm³/mol. The van der Waals surface area contributed by atoms with E-state index in [0.717, 1.165) is 33.9 Å². The lowest BCUT2D eigenvalue weighted by Crippen LogP contribution is -2.27. The third kappa shape index (κ3) is 3.66. The molecule has 4 heteroatoms. The number of carbonyl (C=O) groups is 1. The minimum Gasteiger partial charge on any atom is -0.361 e. The van der Waals surface area contributed by atoms with Crippen molar-refractivity contribution in [3.05, 3.63) is 102 Å². The number of carbonyl (C=O) groups excluding carboxylic acids is 1. The van der Waals surface area contributed by atoms with Gasteiger partial charge in [-0.15, -0.1) is 0 Å². The molecule has 4 nitrogen and oxygen atoms in total. The molecule has 27 heavy (non-hydrogen) atoms. The zero-order valence-corrected chi connectivity index (χ0v) is 14.9. The first-order valence-electron chi connectivity index (χ1n) is 9.05. The number of fused-ring (bicyclic) bond motifs is 1. The first-order chi connectivity index (χ1) is 13.4. The number of nitrogens with one attached hydrogen (secondary N) is 2. The van der Waals surface area contributed by atoms with Gasteiger partial charge in [0.1, 0.15) is 6.29 Å². The number of aromatic amines is 1. The van der Waals surface area contributed by atoms with Crippen LogP contribution in [-0.4, -0.2) is 16.3 Å². The summed E-state index contributed by atoms with van der Waals surface area (Å²) in [6.07, 6.45) is 6.60. The quantitative estimate of drug-likeness (QED) is 0.484. The van der Waals surface area contributed by atoms with Crippen LogP contribution in [-0.2, 0) is 11.3 Å². The lowest BCUT2D eigenvalue weighted by molar-refractivity contribution is -0.109. The van der Waals surface area contributed by atoms with Gasteiger partial charge >= 0.3 is 0 Å². The highest BCUT2D eigenvalue weighted by atomic mass is 16.1. The van der Waals surface area contributed by atoms with E-state index < -0.39 is 0 Å². The Balaban J connectivity index is 1.70. The second-order valence-electron chi connectivity index (χ2n) is 6.58. The van der Waals surface area contributed by atoms with Gasteiger partial charge in [0, 0.05) is 42.1 Å². The molecule has 0 saturated carbocycles. The second-order valence-corrected chi connectivity index (χ2v) is 6.58. The van der Waals surface area contributed by atoms with Gasteiger partial charge in [0.2, 0.25) is 0 Å². The summed E-state index contributed by atoms with van der Waals surface area (Å²) in [5.41, 5.74) is 4.22. The number of aromatic nitrogens is 2. The summed E-state index contributed by atoms with van der Waals surface area (Å²) in [4.78, 5) is 19.7. The van der Waals surface area contributed by atoms with Crippen molar-refractivity contribution in [2.45, 2.75) is 18.5 Å². The molecule has 2 aromatic carbocycles. The van der Waals surface area contributed by atoms with Crippen LogP contribution in [0.4, 0.5) is 0 Å². The Morgan fingerprint density at radius 1 is 1.00 bits per heavy atom. The van der Waals surface area contributed by atoms with Crippen molar-refractivity contribution in [3.8, 4) is 0 Å². The average Bonchev–Trinajstić information content (AvgIpc) is 3.16. The number of aldehydes is 1. The number of para-hydroxylation sites is 1. The molecule has 0 amide bonds. The Labute approximate surface area is 158 Å². The third-order valence-electron chi connectivity index (χ3n) is 4.89. The van der Waals surface area contributed by atoms with Crippen molar-refractivity contribution in [3.63, 3.8) is 0 Å². The van der Waals surface area contributed by atoms with Crippen molar-refractivity contribution in [1.82, 2.24) is 15.3 Å². The SMILES string of the molecule is O=CC(c1c[nH]c2ccccc12)C(NCc1cccnc1)c1ccccc1. The molecule has 2 N–H and O–H groups in total. The zero-order chi connectivity index (χ0) is 18.5. The molecular formula is C23H21N3O. The number of H-pyrrole nitrogens is 1. The van der Waals surface area contributed by atoms with Crippen molar-refractivity contribution in [2.75, 3.05) is 0 Å². The molecular weight excluding hydrogens is 334 g/mol. The van der Waals surface area contributed by atoms with E-state index in [1.54, 1.807) is 6.20 Å². The highest BCUT2D eigenvalue weighted by molar-refractivity contribution is 5.87. The number of pyridine rings is 1. The summed E-state index contributed by atoms with van der Waals surface area (Å²) < 4.78 is 0. The highest BCUT2D eigenvalue weighted by Crippen LogP contribution is 2.34. The molecule has 0 fully saturated rings. The molecule has 0 radical (unpaired) electrons. The van der Waals surface area contributed by atoms with Gasteiger partial charge in [-0.3, -0.25) is 4.98 Å². The van der Waals surface area contributed by atoms with Crippen LogP contribution in [0.15, 0.2) is 85.3 Å². The fraction of sp³-hybridized carbons (Fsp3) is 0.130. The van der Waals surface area contributed by atoms with E-state index in [-0.39, 0.29) is 12.0 Å². The summed E-state index contributed by atoms with van der Waals surface area (Å²) in [5.74, 6) is -0.305. The maximum Gasteiger partial charge on any atom is 0.129 e. The fourth-order valence-electron chi connectivity index (χ4n) is 3.54. The molecule has 2 atom stereocenters. The van der Waals surface area contributed by atoms with Gasteiger partial charge in [-0.25, -0.2) is 0 Å². The van der Waals surface area contributed by atoms with Crippen molar-refractivity contribution >= 4 is 17.2 Å². The summed E-state index contributed by atoms with van der Waals surface area (Å²) in [5, 5.41) is 4.65. The van der Waals surface area contributed by atoms with Gasteiger partial charge in [0.25, 0.3) is 0 Å².